The van der Waals surface area contributed by atoms with E-state index in [4.69, 9.17) is 0 Å². The van der Waals surface area contributed by atoms with E-state index in [-0.39, 0.29) is 46.8 Å². The van der Waals surface area contributed by atoms with Crippen molar-refractivity contribution < 1.29 is 18.8 Å². The summed E-state index contributed by atoms with van der Waals surface area (Å²) in [5.41, 5.74) is 3.02. The molecule has 4 heterocycles. The number of hydrogen-bond donors (Lipinski definition) is 0. The zero-order chi connectivity index (χ0) is 27.4. The summed E-state index contributed by atoms with van der Waals surface area (Å²) in [7, 11) is 0. The Hall–Kier alpha value is -3.86. The lowest BCUT2D eigenvalue weighted by atomic mass is 10.0. The lowest BCUT2D eigenvalue weighted by molar-refractivity contribution is -0.139. The molecule has 1 aliphatic heterocycles. The van der Waals surface area contributed by atoms with Crippen molar-refractivity contribution in [2.75, 3.05) is 0 Å². The molecule has 4 aromatic rings. The van der Waals surface area contributed by atoms with E-state index in [1.807, 2.05) is 25.1 Å². The number of amides is 1. The van der Waals surface area contributed by atoms with Crippen molar-refractivity contribution in [3.8, 4) is 11.1 Å². The average molecular weight is 591 g/mol. The van der Waals surface area contributed by atoms with Crippen LogP contribution < -0.4 is 0 Å². The second-order valence-corrected chi connectivity index (χ2v) is 10.9. The van der Waals surface area contributed by atoms with E-state index in [1.165, 1.54) is 19.1 Å². The number of halogens is 2. The minimum atomic E-state index is -0.561. The highest BCUT2D eigenvalue weighted by Crippen LogP contribution is 2.48. The molecule has 0 radical (unpaired) electrons. The summed E-state index contributed by atoms with van der Waals surface area (Å²) in [6, 6.07) is 7.80. The quantitative estimate of drug-likeness (QED) is 0.235. The Morgan fingerprint density at radius 1 is 1.08 bits per heavy atom. The van der Waals surface area contributed by atoms with Gasteiger partial charge in [-0.1, -0.05) is 6.07 Å². The van der Waals surface area contributed by atoms with Crippen LogP contribution in [0.5, 0.6) is 0 Å². The number of carbonyl (C=O) groups is 3. The molecule has 0 spiro atoms. The number of likely N-dealkylation sites (tertiary alicyclic amines) is 1. The highest BCUT2D eigenvalue weighted by Gasteiger charge is 2.55. The van der Waals surface area contributed by atoms with Gasteiger partial charge in [-0.3, -0.25) is 19.1 Å². The molecule has 1 saturated heterocycles. The highest BCUT2D eigenvalue weighted by atomic mass is 79.9. The van der Waals surface area contributed by atoms with Gasteiger partial charge in [-0.25, -0.2) is 19.3 Å². The Bertz CT molecular complexity index is 1650. The molecule has 39 heavy (non-hydrogen) atoms. The van der Waals surface area contributed by atoms with Gasteiger partial charge in [-0.15, -0.1) is 0 Å². The summed E-state index contributed by atoms with van der Waals surface area (Å²) in [6.45, 7) is 3.16. The van der Waals surface area contributed by atoms with Crippen molar-refractivity contribution >= 4 is 44.3 Å². The molecule has 1 amide bonds. The fraction of sp³-hybridized carbons (Fsp3) is 0.321. The molecule has 0 unspecified atom stereocenters. The molecule has 0 N–H and O–H groups in total. The molecule has 6 rings (SSSR count). The molecule has 3 aromatic heterocycles. The Morgan fingerprint density at radius 3 is 2.56 bits per heavy atom. The second kappa shape index (κ2) is 9.71. The summed E-state index contributed by atoms with van der Waals surface area (Å²) in [6.07, 6.45) is 4.94. The standard InChI is InChI=1S/C28H24BrFN6O3/c1-14(37)27-20-7-16(18-11-31-15(2)32-12-18)3-6-22(20)35(34-27)13-26(39)36-23-8-17(23)9-24(36)25(38)10-19-4-5-21(30)28(29)33-19/h3-7,11-12,17,23-24H,8-10,13H2,1-2H3/t17-,23-,24+/m1/s1. The van der Waals surface area contributed by atoms with Crippen molar-refractivity contribution in [1.82, 2.24) is 29.6 Å². The van der Waals surface area contributed by atoms with Crippen LogP contribution in [0, 0.1) is 18.7 Å². The van der Waals surface area contributed by atoms with Gasteiger partial charge >= 0.3 is 0 Å². The molecule has 198 valence electrons. The summed E-state index contributed by atoms with van der Waals surface area (Å²) < 4.78 is 15.2. The lowest BCUT2D eigenvalue weighted by Crippen LogP contribution is -2.45. The van der Waals surface area contributed by atoms with Crippen LogP contribution >= 0.6 is 15.9 Å². The van der Waals surface area contributed by atoms with E-state index >= 15 is 0 Å². The molecule has 0 bridgehead atoms. The Balaban J connectivity index is 1.26. The molecule has 1 aliphatic carbocycles. The van der Waals surface area contributed by atoms with E-state index in [2.05, 4.69) is 36.0 Å². The van der Waals surface area contributed by atoms with Crippen LogP contribution in [0.3, 0.4) is 0 Å². The number of carbonyl (C=O) groups excluding carboxylic acids is 3. The maximum atomic E-state index is 13.6. The number of ketones is 2. The first-order valence-corrected chi connectivity index (χ1v) is 13.4. The van der Waals surface area contributed by atoms with Gasteiger partial charge < -0.3 is 4.90 Å². The largest absolute Gasteiger partial charge is 0.328 e. The van der Waals surface area contributed by atoms with Gasteiger partial charge in [-0.2, -0.15) is 5.10 Å². The Labute approximate surface area is 231 Å². The van der Waals surface area contributed by atoms with Gasteiger partial charge in [0.1, 0.15) is 22.7 Å². The molecule has 11 heteroatoms. The number of benzene rings is 1. The van der Waals surface area contributed by atoms with E-state index in [0.29, 0.717) is 34.8 Å². The fourth-order valence-corrected chi connectivity index (χ4v) is 5.80. The smallest absolute Gasteiger partial charge is 0.245 e. The van der Waals surface area contributed by atoms with Crippen LogP contribution in [0.15, 0.2) is 47.3 Å². The summed E-state index contributed by atoms with van der Waals surface area (Å²) in [4.78, 5) is 53.6. The maximum absolute atomic E-state index is 13.6. The van der Waals surface area contributed by atoms with Crippen molar-refractivity contribution in [3.63, 3.8) is 0 Å². The van der Waals surface area contributed by atoms with Gasteiger partial charge in [0.2, 0.25) is 5.91 Å². The first kappa shape index (κ1) is 25.4. The number of aromatic nitrogens is 5. The molecule has 1 saturated carbocycles. The Morgan fingerprint density at radius 2 is 1.85 bits per heavy atom. The number of rotatable bonds is 7. The molecule has 3 atom stereocenters. The van der Waals surface area contributed by atoms with E-state index in [1.54, 1.807) is 22.0 Å². The van der Waals surface area contributed by atoms with Gasteiger partial charge in [0.25, 0.3) is 0 Å². The third kappa shape index (κ3) is 4.75. The number of Topliss-reactive ketones (excluding diaryl/α,β-unsaturated/α-hetero) is 2. The Kier molecular flexibility index (Phi) is 6.33. The van der Waals surface area contributed by atoms with Crippen LogP contribution in [0.1, 0.15) is 41.8 Å². The number of aryl methyl sites for hydroxylation is 1. The summed E-state index contributed by atoms with van der Waals surface area (Å²) >= 11 is 3.06. The maximum Gasteiger partial charge on any atom is 0.245 e. The number of piperidine rings is 1. The van der Waals surface area contributed by atoms with Crippen LogP contribution in [0.4, 0.5) is 4.39 Å². The van der Waals surface area contributed by atoms with Crippen molar-refractivity contribution in [1.29, 1.82) is 0 Å². The number of fused-ring (bicyclic) bond motifs is 2. The number of nitrogens with zero attached hydrogens (tertiary/aromatic N) is 6. The van der Waals surface area contributed by atoms with Crippen molar-refractivity contribution in [3.05, 3.63) is 70.4 Å². The number of pyridine rings is 1. The lowest BCUT2D eigenvalue weighted by Gasteiger charge is -2.27. The molecule has 2 fully saturated rings. The molecular weight excluding hydrogens is 567 g/mol. The zero-order valence-corrected chi connectivity index (χ0v) is 22.9. The highest BCUT2D eigenvalue weighted by molar-refractivity contribution is 9.10. The predicted molar refractivity (Wildman–Crippen MR) is 143 cm³/mol. The monoisotopic (exact) mass is 590 g/mol. The topological polar surface area (TPSA) is 111 Å². The van der Waals surface area contributed by atoms with Crippen LogP contribution in [-0.2, 0) is 22.6 Å². The first-order chi connectivity index (χ1) is 18.7. The van der Waals surface area contributed by atoms with Gasteiger partial charge in [-0.05, 0) is 71.4 Å². The molecular formula is C28H24BrFN6O3. The van der Waals surface area contributed by atoms with Gasteiger partial charge in [0, 0.05) is 42.0 Å². The van der Waals surface area contributed by atoms with E-state index in [0.717, 1.165) is 17.5 Å². The van der Waals surface area contributed by atoms with Gasteiger partial charge in [0.05, 0.1) is 18.0 Å². The normalized spacial score (nSPS) is 19.8. The van der Waals surface area contributed by atoms with Gasteiger partial charge in [0.15, 0.2) is 17.4 Å². The second-order valence-electron chi connectivity index (χ2n) is 10.1. The third-order valence-electron chi connectivity index (χ3n) is 7.46. The zero-order valence-electron chi connectivity index (χ0n) is 21.3. The fourth-order valence-electron chi connectivity index (χ4n) is 5.44. The van der Waals surface area contributed by atoms with Crippen LogP contribution in [0.25, 0.3) is 22.0 Å². The molecule has 9 nitrogen and oxygen atoms in total. The minimum absolute atomic E-state index is 0.0114. The number of hydrogen-bond acceptors (Lipinski definition) is 7. The molecule has 1 aromatic carbocycles. The predicted octanol–water partition coefficient (Wildman–Crippen LogP) is 4.10. The van der Waals surface area contributed by atoms with Crippen LogP contribution in [-0.4, -0.2) is 59.2 Å². The molecule has 2 aliphatic rings. The SMILES string of the molecule is CC(=O)c1nn(CC(=O)N2[C@@H]3C[C@@H]3C[C@H]2C(=O)Cc2ccc(F)c(Br)n2)c2ccc(-c3cnc(C)nc3)cc12. The average Bonchev–Trinajstić information content (AvgIpc) is 3.41. The minimum Gasteiger partial charge on any atom is -0.328 e. The summed E-state index contributed by atoms with van der Waals surface area (Å²) in [5, 5.41) is 5.13. The first-order valence-electron chi connectivity index (χ1n) is 12.6. The van der Waals surface area contributed by atoms with Crippen molar-refractivity contribution in [2.24, 2.45) is 5.92 Å². The third-order valence-corrected chi connectivity index (χ3v) is 8.02. The van der Waals surface area contributed by atoms with Crippen molar-refractivity contribution in [2.45, 2.75) is 51.7 Å². The van der Waals surface area contributed by atoms with E-state index < -0.39 is 11.9 Å². The summed E-state index contributed by atoms with van der Waals surface area (Å²) in [5.74, 6) is -0.0895. The van der Waals surface area contributed by atoms with Crippen LogP contribution in [0.2, 0.25) is 0 Å². The van der Waals surface area contributed by atoms with E-state index in [9.17, 15) is 18.8 Å².